The summed E-state index contributed by atoms with van der Waals surface area (Å²) in [6.45, 7) is 6.16. The van der Waals surface area contributed by atoms with Crippen LogP contribution in [0.1, 0.15) is 31.9 Å². The fourth-order valence-electron chi connectivity index (χ4n) is 3.43. The van der Waals surface area contributed by atoms with Gasteiger partial charge in [-0.3, -0.25) is 10.4 Å². The highest BCUT2D eigenvalue weighted by atomic mass is 127. The third kappa shape index (κ3) is 8.70. The SMILES string of the molecule is CC(C)(C)OC(=O)NN(Cc1ccc(-c2ccccn2)cc1)C[C@H](O)[C@@H](I)Cc1ccccc1. The van der Waals surface area contributed by atoms with Gasteiger partial charge in [-0.15, -0.1) is 0 Å². The highest BCUT2D eigenvalue weighted by Gasteiger charge is 2.23. The van der Waals surface area contributed by atoms with Gasteiger partial charge in [0.05, 0.1) is 11.8 Å². The number of carbonyl (C=O) groups is 1. The number of hydrazine groups is 1. The van der Waals surface area contributed by atoms with Crippen molar-refractivity contribution >= 4 is 28.7 Å². The summed E-state index contributed by atoms with van der Waals surface area (Å²) in [5, 5.41) is 12.6. The Balaban J connectivity index is 1.69. The van der Waals surface area contributed by atoms with Crippen molar-refractivity contribution in [2.75, 3.05) is 6.54 Å². The first-order valence-electron chi connectivity index (χ1n) is 11.3. The molecule has 0 aliphatic heterocycles. The number of hydrogen-bond donors (Lipinski definition) is 2. The Kier molecular flexibility index (Phi) is 9.44. The van der Waals surface area contributed by atoms with Crippen LogP contribution in [0.15, 0.2) is 79.0 Å². The van der Waals surface area contributed by atoms with Gasteiger partial charge in [0.15, 0.2) is 0 Å². The van der Waals surface area contributed by atoms with E-state index in [0.29, 0.717) is 6.54 Å². The lowest BCUT2D eigenvalue weighted by Crippen LogP contribution is -2.49. The first-order chi connectivity index (χ1) is 16.2. The van der Waals surface area contributed by atoms with Gasteiger partial charge in [0.25, 0.3) is 0 Å². The van der Waals surface area contributed by atoms with E-state index >= 15 is 0 Å². The van der Waals surface area contributed by atoms with Gasteiger partial charge in [0.1, 0.15) is 5.60 Å². The molecule has 1 amide bonds. The summed E-state index contributed by atoms with van der Waals surface area (Å²) in [5.41, 5.74) is 6.29. The molecule has 0 unspecified atom stereocenters. The Labute approximate surface area is 215 Å². The van der Waals surface area contributed by atoms with E-state index in [2.05, 4.69) is 45.1 Å². The number of aliphatic hydroxyl groups is 1. The third-order valence-electron chi connectivity index (χ3n) is 5.03. The number of halogens is 1. The predicted octanol–water partition coefficient (Wildman–Crippen LogP) is 5.40. The van der Waals surface area contributed by atoms with Crippen LogP contribution < -0.4 is 5.43 Å². The van der Waals surface area contributed by atoms with Crippen molar-refractivity contribution in [3.63, 3.8) is 0 Å². The second kappa shape index (κ2) is 12.3. The molecule has 0 radical (unpaired) electrons. The molecule has 0 saturated heterocycles. The molecule has 34 heavy (non-hydrogen) atoms. The Morgan fingerprint density at radius 2 is 1.71 bits per heavy atom. The fourth-order valence-corrected chi connectivity index (χ4v) is 4.17. The number of carbonyl (C=O) groups excluding carboxylic acids is 1. The minimum absolute atomic E-state index is 0.0190. The molecule has 2 aromatic carbocycles. The summed E-state index contributed by atoms with van der Waals surface area (Å²) in [6.07, 6.45) is 1.32. The summed E-state index contributed by atoms with van der Waals surface area (Å²) in [7, 11) is 0. The van der Waals surface area contributed by atoms with Gasteiger partial charge in [-0.05, 0) is 50.5 Å². The van der Waals surface area contributed by atoms with E-state index in [1.807, 2.05) is 81.4 Å². The van der Waals surface area contributed by atoms with Crippen LogP contribution in [0.4, 0.5) is 4.79 Å². The average Bonchev–Trinajstić information content (AvgIpc) is 2.79. The lowest BCUT2D eigenvalue weighted by atomic mass is 10.1. The number of aliphatic hydroxyl groups excluding tert-OH is 1. The van der Waals surface area contributed by atoms with Crippen LogP contribution in [0, 0.1) is 0 Å². The minimum Gasteiger partial charge on any atom is -0.443 e. The molecule has 0 aliphatic rings. The smallest absolute Gasteiger partial charge is 0.422 e. The van der Waals surface area contributed by atoms with Crippen molar-refractivity contribution < 1.29 is 14.6 Å². The number of rotatable bonds is 9. The van der Waals surface area contributed by atoms with E-state index in [4.69, 9.17) is 4.74 Å². The van der Waals surface area contributed by atoms with Gasteiger partial charge < -0.3 is 9.84 Å². The highest BCUT2D eigenvalue weighted by Crippen LogP contribution is 2.19. The van der Waals surface area contributed by atoms with Crippen LogP contribution in [0.25, 0.3) is 11.3 Å². The lowest BCUT2D eigenvalue weighted by Gasteiger charge is -2.29. The van der Waals surface area contributed by atoms with Gasteiger partial charge in [-0.1, -0.05) is 83.3 Å². The monoisotopic (exact) mass is 573 g/mol. The lowest BCUT2D eigenvalue weighted by molar-refractivity contribution is 0.0209. The summed E-state index contributed by atoms with van der Waals surface area (Å²) < 4.78 is 5.42. The molecule has 0 bridgehead atoms. The van der Waals surface area contributed by atoms with Crippen molar-refractivity contribution in [1.82, 2.24) is 15.4 Å². The zero-order valence-corrected chi connectivity index (χ0v) is 22.0. The summed E-state index contributed by atoms with van der Waals surface area (Å²) in [4.78, 5) is 16.9. The van der Waals surface area contributed by atoms with Crippen LogP contribution >= 0.6 is 22.6 Å². The average molecular weight is 573 g/mol. The van der Waals surface area contributed by atoms with E-state index in [0.717, 1.165) is 28.8 Å². The Hall–Kier alpha value is -2.49. The summed E-state index contributed by atoms with van der Waals surface area (Å²) >= 11 is 2.27. The molecular weight excluding hydrogens is 541 g/mol. The number of nitrogens with zero attached hydrogens (tertiary/aromatic N) is 2. The zero-order valence-electron chi connectivity index (χ0n) is 19.8. The maximum absolute atomic E-state index is 12.5. The molecule has 0 aliphatic carbocycles. The quantitative estimate of drug-likeness (QED) is 0.204. The molecule has 6 nitrogen and oxygen atoms in total. The number of hydrogen-bond acceptors (Lipinski definition) is 5. The molecule has 3 rings (SSSR count). The maximum Gasteiger partial charge on any atom is 0.422 e. The number of pyridine rings is 1. The van der Waals surface area contributed by atoms with Gasteiger partial charge in [-0.25, -0.2) is 9.80 Å². The topological polar surface area (TPSA) is 74.7 Å². The number of aromatic nitrogens is 1. The van der Waals surface area contributed by atoms with Crippen LogP contribution in [-0.2, 0) is 17.7 Å². The second-order valence-electron chi connectivity index (χ2n) is 9.18. The largest absolute Gasteiger partial charge is 0.443 e. The fraction of sp³-hybridized carbons (Fsp3) is 0.333. The number of alkyl halides is 1. The molecule has 3 aromatic rings. The van der Waals surface area contributed by atoms with Crippen LogP contribution in [-0.4, -0.2) is 43.4 Å². The van der Waals surface area contributed by atoms with E-state index in [1.54, 1.807) is 11.2 Å². The molecule has 1 aromatic heterocycles. The van der Waals surface area contributed by atoms with Gasteiger partial charge >= 0.3 is 6.09 Å². The van der Waals surface area contributed by atoms with Gasteiger partial charge in [0.2, 0.25) is 0 Å². The van der Waals surface area contributed by atoms with Gasteiger partial charge in [0, 0.05) is 28.8 Å². The van der Waals surface area contributed by atoms with Gasteiger partial charge in [-0.2, -0.15) is 0 Å². The number of nitrogens with one attached hydrogen (secondary N) is 1. The number of ether oxygens (including phenoxy) is 1. The van der Waals surface area contributed by atoms with Crippen LogP contribution in [0.2, 0.25) is 0 Å². The highest BCUT2D eigenvalue weighted by molar-refractivity contribution is 14.1. The number of amides is 1. The van der Waals surface area contributed by atoms with E-state index in [9.17, 15) is 9.90 Å². The Bertz CT molecular complexity index is 1020. The molecule has 0 fully saturated rings. The molecule has 1 heterocycles. The summed E-state index contributed by atoms with van der Waals surface area (Å²) in [6, 6.07) is 23.9. The normalized spacial score (nSPS) is 13.4. The maximum atomic E-state index is 12.5. The number of benzene rings is 2. The Morgan fingerprint density at radius 1 is 1.03 bits per heavy atom. The predicted molar refractivity (Wildman–Crippen MR) is 143 cm³/mol. The van der Waals surface area contributed by atoms with Crippen LogP contribution in [0.3, 0.4) is 0 Å². The van der Waals surface area contributed by atoms with Crippen molar-refractivity contribution in [2.45, 2.75) is 49.4 Å². The zero-order chi connectivity index (χ0) is 24.6. The summed E-state index contributed by atoms with van der Waals surface area (Å²) in [5.74, 6) is 0. The first kappa shape index (κ1) is 26.1. The molecule has 7 heteroatoms. The van der Waals surface area contributed by atoms with E-state index in [1.165, 1.54) is 0 Å². The molecular formula is C27H32IN3O3. The first-order valence-corrected chi connectivity index (χ1v) is 12.5. The van der Waals surface area contributed by atoms with Crippen molar-refractivity contribution in [3.8, 4) is 11.3 Å². The molecule has 2 N–H and O–H groups in total. The third-order valence-corrected chi connectivity index (χ3v) is 6.31. The molecule has 2 atom stereocenters. The minimum atomic E-state index is -0.650. The van der Waals surface area contributed by atoms with Crippen LogP contribution in [0.5, 0.6) is 0 Å². The molecule has 180 valence electrons. The van der Waals surface area contributed by atoms with Crippen molar-refractivity contribution in [2.24, 2.45) is 0 Å². The molecule has 0 spiro atoms. The van der Waals surface area contributed by atoms with Crippen molar-refractivity contribution in [1.29, 1.82) is 0 Å². The Morgan fingerprint density at radius 3 is 2.32 bits per heavy atom. The van der Waals surface area contributed by atoms with E-state index < -0.39 is 17.8 Å². The molecule has 0 saturated carbocycles. The van der Waals surface area contributed by atoms with Crippen molar-refractivity contribution in [3.05, 3.63) is 90.1 Å². The van der Waals surface area contributed by atoms with E-state index in [-0.39, 0.29) is 10.5 Å². The second-order valence-corrected chi connectivity index (χ2v) is 10.8. The standard InChI is InChI=1S/C27H32IN3O3/c1-27(2,3)34-26(33)30-31(19-25(32)23(28)17-20-9-5-4-6-10-20)18-21-12-14-22(15-13-21)24-11-7-8-16-29-24/h4-16,23,25,32H,17-19H2,1-3H3,(H,30,33)/t23-,25-/m0/s1.